The Morgan fingerprint density at radius 1 is 0.636 bits per heavy atom. The lowest BCUT2D eigenvalue weighted by atomic mass is 10.0. The Kier molecular flexibility index (Phi) is 31.8. The van der Waals surface area contributed by atoms with E-state index in [0.29, 0.717) is 6.42 Å². The molecule has 0 spiro atoms. The highest BCUT2D eigenvalue weighted by molar-refractivity contribution is 5.70. The molecule has 11 heteroatoms. The highest BCUT2D eigenvalue weighted by Crippen LogP contribution is 2.21. The van der Waals surface area contributed by atoms with Crippen LogP contribution in [0.5, 0.6) is 0 Å². The Morgan fingerprint density at radius 3 is 1.53 bits per heavy atom. The van der Waals surface area contributed by atoms with Gasteiger partial charge in [0.1, 0.15) is 13.2 Å². The predicted octanol–water partition coefficient (Wildman–Crippen LogP) is 12.1. The number of esters is 2. The average Bonchev–Trinajstić information content (AvgIpc) is 3.13. The smallest absolute Gasteiger partial charge is 0.407 e. The van der Waals surface area contributed by atoms with Crippen molar-refractivity contribution < 1.29 is 41.8 Å². The molecule has 1 N–H and O–H groups in total. The summed E-state index contributed by atoms with van der Waals surface area (Å²) < 4.78 is 53.8. The summed E-state index contributed by atoms with van der Waals surface area (Å²) in [5, 5.41) is 2.64. The van der Waals surface area contributed by atoms with E-state index in [1.165, 1.54) is 77.0 Å². The SMILES string of the molecule is CCCCC/C=C\C/C=C\CCCCCCCC(=O)OCC(COC(=O)CCCCCCCCCCCCCCC)OC(=O)NC1CN(CCC(F)(F)F)C1. The minimum atomic E-state index is -4.23. The number of ether oxygens (including phenoxy) is 3. The van der Waals surface area contributed by atoms with Crippen LogP contribution in [0.3, 0.4) is 0 Å². The van der Waals surface area contributed by atoms with E-state index in [0.717, 1.165) is 70.6 Å². The fourth-order valence-electron chi connectivity index (χ4n) is 6.48. The van der Waals surface area contributed by atoms with Crippen LogP contribution in [-0.2, 0) is 23.8 Å². The zero-order valence-electron chi connectivity index (χ0n) is 34.6. The second kappa shape index (κ2) is 34.7. The molecule has 1 aliphatic rings. The number of halogens is 3. The number of nitrogens with one attached hydrogen (secondary N) is 1. The Bertz CT molecular complexity index is 1020. The second-order valence-electron chi connectivity index (χ2n) is 15.3. The van der Waals surface area contributed by atoms with E-state index in [1.807, 2.05) is 0 Å². The number of rotatable bonds is 36. The molecule has 0 aromatic heterocycles. The highest BCUT2D eigenvalue weighted by atomic mass is 19.4. The summed E-state index contributed by atoms with van der Waals surface area (Å²) in [6, 6.07) is -0.347. The molecule has 1 unspecified atom stereocenters. The molecule has 1 rings (SSSR count). The molecule has 0 saturated carbocycles. The fourth-order valence-corrected chi connectivity index (χ4v) is 6.48. The zero-order chi connectivity index (χ0) is 40.2. The summed E-state index contributed by atoms with van der Waals surface area (Å²) in [6.07, 6.45) is 30.1. The van der Waals surface area contributed by atoms with Gasteiger partial charge in [-0.3, -0.25) is 14.5 Å². The van der Waals surface area contributed by atoms with E-state index in [-0.39, 0.29) is 51.7 Å². The molecule has 1 aliphatic heterocycles. The van der Waals surface area contributed by atoms with Crippen molar-refractivity contribution in [3.63, 3.8) is 0 Å². The summed E-state index contributed by atoms with van der Waals surface area (Å²) in [5.74, 6) is -0.801. The maximum Gasteiger partial charge on any atom is 0.407 e. The zero-order valence-corrected chi connectivity index (χ0v) is 34.6. The molecule has 0 bridgehead atoms. The summed E-state index contributed by atoms with van der Waals surface area (Å²) in [4.78, 5) is 39.1. The van der Waals surface area contributed by atoms with Crippen LogP contribution in [0.1, 0.15) is 187 Å². The van der Waals surface area contributed by atoms with Crippen molar-refractivity contribution in [3.05, 3.63) is 24.3 Å². The molecule has 1 heterocycles. The van der Waals surface area contributed by atoms with Crippen LogP contribution < -0.4 is 5.32 Å². The van der Waals surface area contributed by atoms with Gasteiger partial charge in [0, 0.05) is 32.5 Å². The third kappa shape index (κ3) is 33.3. The lowest BCUT2D eigenvalue weighted by Gasteiger charge is -2.39. The van der Waals surface area contributed by atoms with Crippen molar-refractivity contribution in [1.82, 2.24) is 10.2 Å². The summed E-state index contributed by atoms with van der Waals surface area (Å²) in [6.45, 7) is 4.40. The number of alkyl halides is 3. The van der Waals surface area contributed by atoms with Gasteiger partial charge in [-0.25, -0.2) is 4.79 Å². The van der Waals surface area contributed by atoms with Crippen LogP contribution in [0, 0.1) is 0 Å². The molecule has 0 radical (unpaired) electrons. The number of amides is 1. The number of alkyl carbamates (subject to hydrolysis) is 1. The van der Waals surface area contributed by atoms with E-state index in [9.17, 15) is 27.6 Å². The normalized spacial score (nSPS) is 14.3. The largest absolute Gasteiger partial charge is 0.462 e. The standard InChI is InChI=1S/C44H77F3N2O6/c1-3-5-7-9-11-13-15-17-18-20-22-24-26-28-30-32-42(51)54-38-40(55-43(52)48-39-35-49(36-39)34-33-44(45,46)47)37-53-41(50)31-29-27-25-23-21-19-16-14-12-10-8-6-4-2/h11,13,17-18,39-40H,3-10,12,14-16,19-38H2,1-2H3,(H,48,52)/b13-11-,18-17-. The quantitative estimate of drug-likeness (QED) is 0.0292. The monoisotopic (exact) mass is 787 g/mol. The van der Waals surface area contributed by atoms with Crippen LogP contribution in [0.25, 0.3) is 0 Å². The summed E-state index contributed by atoms with van der Waals surface area (Å²) in [7, 11) is 0. The number of allylic oxidation sites excluding steroid dienone is 4. The Labute approximate surface area is 332 Å². The Morgan fingerprint density at radius 2 is 1.05 bits per heavy atom. The predicted molar refractivity (Wildman–Crippen MR) is 216 cm³/mol. The van der Waals surface area contributed by atoms with Crippen molar-refractivity contribution in [2.75, 3.05) is 32.8 Å². The molecule has 0 aromatic rings. The molecule has 0 aromatic carbocycles. The van der Waals surface area contributed by atoms with E-state index in [1.54, 1.807) is 4.90 Å². The molecule has 1 atom stereocenters. The van der Waals surface area contributed by atoms with Gasteiger partial charge in [0.15, 0.2) is 6.10 Å². The van der Waals surface area contributed by atoms with Gasteiger partial charge >= 0.3 is 24.2 Å². The molecule has 1 saturated heterocycles. The van der Waals surface area contributed by atoms with Gasteiger partial charge < -0.3 is 19.5 Å². The topological polar surface area (TPSA) is 94.2 Å². The van der Waals surface area contributed by atoms with Gasteiger partial charge in [0.05, 0.1) is 12.5 Å². The first kappa shape index (κ1) is 50.5. The number of hydrogen-bond acceptors (Lipinski definition) is 7. The van der Waals surface area contributed by atoms with Gasteiger partial charge in [0.25, 0.3) is 0 Å². The molecular weight excluding hydrogens is 709 g/mol. The lowest BCUT2D eigenvalue weighted by Crippen LogP contribution is -2.60. The van der Waals surface area contributed by atoms with E-state index in [2.05, 4.69) is 43.5 Å². The van der Waals surface area contributed by atoms with Gasteiger partial charge in [-0.2, -0.15) is 13.2 Å². The number of unbranched alkanes of at least 4 members (excludes halogenated alkanes) is 20. The molecular formula is C44H77F3N2O6. The second-order valence-corrected chi connectivity index (χ2v) is 15.3. The molecule has 1 fully saturated rings. The molecule has 55 heavy (non-hydrogen) atoms. The van der Waals surface area contributed by atoms with Crippen molar-refractivity contribution in [2.24, 2.45) is 0 Å². The maximum absolute atomic E-state index is 12.6. The van der Waals surface area contributed by atoms with Crippen molar-refractivity contribution >= 4 is 18.0 Å². The highest BCUT2D eigenvalue weighted by Gasteiger charge is 2.33. The fraction of sp³-hybridized carbons (Fsp3) is 0.841. The van der Waals surface area contributed by atoms with E-state index >= 15 is 0 Å². The van der Waals surface area contributed by atoms with Crippen molar-refractivity contribution in [3.8, 4) is 0 Å². The van der Waals surface area contributed by atoms with Crippen molar-refractivity contribution in [1.29, 1.82) is 0 Å². The van der Waals surface area contributed by atoms with E-state index in [4.69, 9.17) is 14.2 Å². The minimum Gasteiger partial charge on any atom is -0.462 e. The molecule has 0 aliphatic carbocycles. The first-order valence-corrected chi connectivity index (χ1v) is 22.0. The Balaban J connectivity index is 2.30. The van der Waals surface area contributed by atoms with Crippen LogP contribution in [0.4, 0.5) is 18.0 Å². The number of nitrogens with zero attached hydrogens (tertiary/aromatic N) is 1. The summed E-state index contributed by atoms with van der Waals surface area (Å²) in [5.41, 5.74) is 0. The number of likely N-dealkylation sites (tertiary alicyclic amines) is 1. The number of carbonyl (C=O) groups excluding carboxylic acids is 3. The first-order chi connectivity index (χ1) is 26.6. The maximum atomic E-state index is 12.6. The first-order valence-electron chi connectivity index (χ1n) is 22.0. The van der Waals surface area contributed by atoms with Crippen LogP contribution in [0.2, 0.25) is 0 Å². The van der Waals surface area contributed by atoms with Gasteiger partial charge in [-0.15, -0.1) is 0 Å². The van der Waals surface area contributed by atoms with Crippen LogP contribution >= 0.6 is 0 Å². The van der Waals surface area contributed by atoms with Crippen LogP contribution in [-0.4, -0.2) is 74.1 Å². The molecule has 8 nitrogen and oxygen atoms in total. The van der Waals surface area contributed by atoms with Gasteiger partial charge in [-0.05, 0) is 44.9 Å². The third-order valence-corrected chi connectivity index (χ3v) is 9.94. The van der Waals surface area contributed by atoms with Gasteiger partial charge in [-0.1, -0.05) is 147 Å². The van der Waals surface area contributed by atoms with E-state index < -0.39 is 36.7 Å². The lowest BCUT2D eigenvalue weighted by molar-refractivity contribution is -0.152. The van der Waals surface area contributed by atoms with Crippen molar-refractivity contribution in [2.45, 2.75) is 206 Å². The molecule has 1 amide bonds. The van der Waals surface area contributed by atoms with Crippen LogP contribution in [0.15, 0.2) is 24.3 Å². The average molecular weight is 787 g/mol. The van der Waals surface area contributed by atoms with Gasteiger partial charge in [0.2, 0.25) is 0 Å². The number of hydrogen-bond donors (Lipinski definition) is 1. The number of carbonyl (C=O) groups is 3. The Hall–Kier alpha value is -2.56. The minimum absolute atomic E-state index is 0.126. The third-order valence-electron chi connectivity index (χ3n) is 9.94. The summed E-state index contributed by atoms with van der Waals surface area (Å²) >= 11 is 0. The molecule has 320 valence electrons.